The fraction of sp³-hybridized carbons (Fsp3) is 0.833. The summed E-state index contributed by atoms with van der Waals surface area (Å²) < 4.78 is 0. The first-order chi connectivity index (χ1) is 7.52. The zero-order valence-electron chi connectivity index (χ0n) is 10.1. The zero-order valence-corrected chi connectivity index (χ0v) is 10.1. The van der Waals surface area contributed by atoms with Crippen molar-refractivity contribution in [3.05, 3.63) is 0 Å². The van der Waals surface area contributed by atoms with Crippen molar-refractivity contribution < 1.29 is 9.59 Å². The lowest BCUT2D eigenvalue weighted by Gasteiger charge is -2.34. The van der Waals surface area contributed by atoms with Gasteiger partial charge in [0.15, 0.2) is 0 Å². The highest BCUT2D eigenvalue weighted by Gasteiger charge is 2.46. The maximum atomic E-state index is 12.1. The minimum atomic E-state index is -0.383. The van der Waals surface area contributed by atoms with Crippen LogP contribution in [0.4, 0.5) is 0 Å². The van der Waals surface area contributed by atoms with Crippen molar-refractivity contribution in [2.24, 2.45) is 5.41 Å². The van der Waals surface area contributed by atoms with E-state index in [2.05, 4.69) is 5.32 Å². The average molecular weight is 224 g/mol. The number of hydrogen-bond donors (Lipinski definition) is 1. The van der Waals surface area contributed by atoms with Gasteiger partial charge in [-0.15, -0.1) is 0 Å². The first kappa shape index (κ1) is 11.4. The van der Waals surface area contributed by atoms with Crippen molar-refractivity contribution >= 4 is 11.8 Å². The Labute approximate surface area is 96.4 Å². The summed E-state index contributed by atoms with van der Waals surface area (Å²) in [5, 5.41) is 2.66. The molecule has 1 saturated carbocycles. The largest absolute Gasteiger partial charge is 0.345 e. The average Bonchev–Trinajstić information content (AvgIpc) is 2.95. The van der Waals surface area contributed by atoms with Crippen LogP contribution in [0, 0.1) is 5.41 Å². The highest BCUT2D eigenvalue weighted by Crippen LogP contribution is 2.52. The van der Waals surface area contributed by atoms with Crippen molar-refractivity contribution in [2.45, 2.75) is 45.6 Å². The van der Waals surface area contributed by atoms with Crippen molar-refractivity contribution in [1.82, 2.24) is 10.2 Å². The highest BCUT2D eigenvalue weighted by atomic mass is 16.2. The number of nitrogens with zero attached hydrogens (tertiary/aromatic N) is 1. The first-order valence-corrected chi connectivity index (χ1v) is 6.08. The number of carbonyl (C=O) groups is 2. The molecule has 0 bridgehead atoms. The topological polar surface area (TPSA) is 49.4 Å². The van der Waals surface area contributed by atoms with Crippen molar-refractivity contribution in [1.29, 1.82) is 0 Å². The van der Waals surface area contributed by atoms with Crippen molar-refractivity contribution in [2.75, 3.05) is 13.1 Å². The molecule has 2 amide bonds. The maximum absolute atomic E-state index is 12.1. The van der Waals surface area contributed by atoms with E-state index in [9.17, 15) is 9.59 Å². The van der Waals surface area contributed by atoms with Gasteiger partial charge >= 0.3 is 0 Å². The van der Waals surface area contributed by atoms with Gasteiger partial charge in [0.2, 0.25) is 11.8 Å². The molecule has 1 unspecified atom stereocenters. The maximum Gasteiger partial charge on any atom is 0.244 e. The molecule has 2 fully saturated rings. The molecular weight excluding hydrogens is 204 g/mol. The molecule has 4 nitrogen and oxygen atoms in total. The Balaban J connectivity index is 1.90. The van der Waals surface area contributed by atoms with Crippen molar-refractivity contribution in [3.63, 3.8) is 0 Å². The lowest BCUT2D eigenvalue weighted by atomic mass is 9.94. The molecule has 0 aromatic heterocycles. The lowest BCUT2D eigenvalue weighted by molar-refractivity contribution is -0.137. The van der Waals surface area contributed by atoms with Gasteiger partial charge in [-0.3, -0.25) is 9.59 Å². The lowest BCUT2D eigenvalue weighted by Crippen LogP contribution is -2.50. The molecule has 0 aromatic carbocycles. The van der Waals surface area contributed by atoms with Crippen LogP contribution in [-0.2, 0) is 9.59 Å². The summed E-state index contributed by atoms with van der Waals surface area (Å²) in [7, 11) is 0. The van der Waals surface area contributed by atoms with E-state index in [4.69, 9.17) is 0 Å². The SMILES string of the molecule is CC(=O)NC(C)C(=O)N1CCCC2(CC2)C1. The summed E-state index contributed by atoms with van der Waals surface area (Å²) in [6.45, 7) is 4.96. The van der Waals surface area contributed by atoms with Crippen LogP contribution in [0.3, 0.4) is 0 Å². The van der Waals surface area contributed by atoms with Crippen LogP contribution in [0.5, 0.6) is 0 Å². The van der Waals surface area contributed by atoms with E-state index >= 15 is 0 Å². The number of carbonyl (C=O) groups excluding carboxylic acids is 2. The molecule has 16 heavy (non-hydrogen) atoms. The second-order valence-corrected chi connectivity index (χ2v) is 5.29. The van der Waals surface area contributed by atoms with Gasteiger partial charge in [0.05, 0.1) is 0 Å². The highest BCUT2D eigenvalue weighted by molar-refractivity contribution is 5.86. The second kappa shape index (κ2) is 4.07. The van der Waals surface area contributed by atoms with Crippen LogP contribution in [0.1, 0.15) is 39.5 Å². The fourth-order valence-electron chi connectivity index (χ4n) is 2.62. The van der Waals surface area contributed by atoms with Gasteiger partial charge in [-0.25, -0.2) is 0 Å². The molecule has 90 valence electrons. The number of hydrogen-bond acceptors (Lipinski definition) is 2. The van der Waals surface area contributed by atoms with Gasteiger partial charge in [0, 0.05) is 20.0 Å². The number of piperidine rings is 1. The summed E-state index contributed by atoms with van der Waals surface area (Å²) in [4.78, 5) is 24.9. The summed E-state index contributed by atoms with van der Waals surface area (Å²) in [6.07, 6.45) is 4.92. The Bertz CT molecular complexity index is 310. The molecule has 1 atom stereocenters. The minimum Gasteiger partial charge on any atom is -0.345 e. The van der Waals surface area contributed by atoms with Gasteiger partial charge in [-0.2, -0.15) is 0 Å². The van der Waals surface area contributed by atoms with E-state index in [-0.39, 0.29) is 17.9 Å². The third-order valence-corrected chi connectivity index (χ3v) is 3.72. The van der Waals surface area contributed by atoms with Crippen LogP contribution in [0.2, 0.25) is 0 Å². The monoisotopic (exact) mass is 224 g/mol. The Kier molecular flexibility index (Phi) is 2.91. The number of amides is 2. The van der Waals surface area contributed by atoms with Crippen molar-refractivity contribution in [3.8, 4) is 0 Å². The molecule has 4 heteroatoms. The molecule has 1 aliphatic heterocycles. The Morgan fingerprint density at radius 1 is 1.31 bits per heavy atom. The fourth-order valence-corrected chi connectivity index (χ4v) is 2.62. The van der Waals surface area contributed by atoms with E-state index in [1.54, 1.807) is 6.92 Å². The molecule has 1 saturated heterocycles. The summed E-state index contributed by atoms with van der Waals surface area (Å²) in [5.74, 6) is -0.0693. The Morgan fingerprint density at radius 3 is 2.56 bits per heavy atom. The summed E-state index contributed by atoms with van der Waals surface area (Å²) in [6, 6.07) is -0.383. The number of nitrogens with one attached hydrogen (secondary N) is 1. The standard InChI is InChI=1S/C12H20N2O2/c1-9(13-10(2)15)11(16)14-7-3-4-12(8-14)5-6-12/h9H,3-8H2,1-2H3,(H,13,15). The molecule has 1 aliphatic carbocycles. The van der Waals surface area contributed by atoms with Crippen LogP contribution in [0.25, 0.3) is 0 Å². The van der Waals surface area contributed by atoms with E-state index in [1.165, 1.54) is 26.2 Å². The smallest absolute Gasteiger partial charge is 0.244 e. The third kappa shape index (κ3) is 2.36. The molecular formula is C12H20N2O2. The molecule has 1 heterocycles. The van der Waals surface area contributed by atoms with E-state index < -0.39 is 0 Å². The third-order valence-electron chi connectivity index (χ3n) is 3.72. The molecule has 1 spiro atoms. The molecule has 2 aliphatic rings. The van der Waals surface area contributed by atoms with Crippen LogP contribution in [0.15, 0.2) is 0 Å². The quantitative estimate of drug-likeness (QED) is 0.758. The summed E-state index contributed by atoms with van der Waals surface area (Å²) >= 11 is 0. The van der Waals surface area contributed by atoms with Gasteiger partial charge in [0.25, 0.3) is 0 Å². The molecule has 1 N–H and O–H groups in total. The molecule has 0 radical (unpaired) electrons. The van der Waals surface area contributed by atoms with Crippen LogP contribution < -0.4 is 5.32 Å². The number of likely N-dealkylation sites (tertiary alicyclic amines) is 1. The molecule has 0 aromatic rings. The number of rotatable bonds is 2. The predicted molar refractivity (Wildman–Crippen MR) is 60.8 cm³/mol. The van der Waals surface area contributed by atoms with Crippen LogP contribution in [-0.4, -0.2) is 35.8 Å². The van der Waals surface area contributed by atoms with Gasteiger partial charge < -0.3 is 10.2 Å². The van der Waals surface area contributed by atoms with Crippen LogP contribution >= 0.6 is 0 Å². The van der Waals surface area contributed by atoms with E-state index in [0.29, 0.717) is 5.41 Å². The van der Waals surface area contributed by atoms with E-state index in [1.807, 2.05) is 4.90 Å². The normalized spacial score (nSPS) is 24.0. The van der Waals surface area contributed by atoms with Gasteiger partial charge in [-0.05, 0) is 38.0 Å². The Hall–Kier alpha value is -1.06. The Morgan fingerprint density at radius 2 is 2.00 bits per heavy atom. The van der Waals surface area contributed by atoms with Gasteiger partial charge in [0.1, 0.15) is 6.04 Å². The van der Waals surface area contributed by atoms with Gasteiger partial charge in [-0.1, -0.05) is 0 Å². The molecule has 2 rings (SSSR count). The zero-order chi connectivity index (χ0) is 11.8. The summed E-state index contributed by atoms with van der Waals surface area (Å²) in [5.41, 5.74) is 0.448. The predicted octanol–water partition coefficient (Wildman–Crippen LogP) is 0.914. The minimum absolute atomic E-state index is 0.0705. The van der Waals surface area contributed by atoms with E-state index in [0.717, 1.165) is 19.5 Å². The second-order valence-electron chi connectivity index (χ2n) is 5.29. The first-order valence-electron chi connectivity index (χ1n) is 6.08.